The summed E-state index contributed by atoms with van der Waals surface area (Å²) in [6, 6.07) is 2.11. The lowest BCUT2D eigenvalue weighted by atomic mass is 10.3. The summed E-state index contributed by atoms with van der Waals surface area (Å²) in [7, 11) is 0. The molecule has 0 aliphatic heterocycles. The maximum atomic E-state index is 13.4. The van der Waals surface area contributed by atoms with E-state index in [0.717, 1.165) is 23.7 Å². The van der Waals surface area contributed by atoms with Gasteiger partial charge in [0.2, 0.25) is 0 Å². The van der Waals surface area contributed by atoms with E-state index in [1.54, 1.807) is 0 Å². The molecule has 8 heteroatoms. The average Bonchev–Trinajstić information content (AvgIpc) is 2.76. The molecule has 0 spiro atoms. The van der Waals surface area contributed by atoms with E-state index in [-0.39, 0.29) is 10.2 Å². The number of rotatable bonds is 2. The van der Waals surface area contributed by atoms with E-state index in [1.165, 1.54) is 5.38 Å². The lowest BCUT2D eigenvalue weighted by molar-refractivity contribution is 0.102. The molecule has 88 valence electrons. The highest BCUT2D eigenvalue weighted by atomic mass is 79.9. The van der Waals surface area contributed by atoms with Crippen molar-refractivity contribution in [3.05, 3.63) is 39.3 Å². The van der Waals surface area contributed by atoms with Crippen LogP contribution in [-0.4, -0.2) is 15.5 Å². The normalized spacial score (nSPS) is 10.3. The molecule has 0 saturated carbocycles. The molecule has 2 aromatic rings. The highest BCUT2D eigenvalue weighted by Gasteiger charge is 2.16. The first-order chi connectivity index (χ1) is 8.08. The Kier molecular flexibility index (Phi) is 3.43. The number of hydrogen-bond donors (Lipinski definition) is 1. The summed E-state index contributed by atoms with van der Waals surface area (Å²) in [4.78, 5) is 11.5. The molecule has 2 rings (SSSR count). The van der Waals surface area contributed by atoms with Crippen LogP contribution in [0.4, 0.5) is 14.5 Å². The summed E-state index contributed by atoms with van der Waals surface area (Å²) < 4.78 is 30.5. The number of benzene rings is 1. The third-order valence-electron chi connectivity index (χ3n) is 1.84. The monoisotopic (exact) mass is 319 g/mol. The molecule has 0 atom stereocenters. The third-order valence-corrected chi connectivity index (χ3v) is 2.80. The van der Waals surface area contributed by atoms with Crippen molar-refractivity contribution in [2.45, 2.75) is 0 Å². The Morgan fingerprint density at radius 2 is 2.00 bits per heavy atom. The fourth-order valence-corrected chi connectivity index (χ4v) is 1.94. The zero-order valence-corrected chi connectivity index (χ0v) is 10.5. The number of anilines is 1. The zero-order valence-electron chi connectivity index (χ0n) is 8.08. The molecule has 17 heavy (non-hydrogen) atoms. The summed E-state index contributed by atoms with van der Waals surface area (Å²) in [6.45, 7) is 0. The second-order valence-electron chi connectivity index (χ2n) is 2.99. The van der Waals surface area contributed by atoms with Crippen molar-refractivity contribution < 1.29 is 13.6 Å². The highest BCUT2D eigenvalue weighted by Crippen LogP contribution is 2.24. The molecule has 1 N–H and O–H groups in total. The number of amides is 1. The zero-order chi connectivity index (χ0) is 12.4. The number of nitrogens with zero attached hydrogens (tertiary/aromatic N) is 2. The minimum Gasteiger partial charge on any atom is -0.316 e. The minimum atomic E-state index is -0.867. The fraction of sp³-hybridized carbons (Fsp3) is 0. The van der Waals surface area contributed by atoms with Crippen molar-refractivity contribution in [1.82, 2.24) is 9.59 Å². The number of aromatic nitrogens is 2. The molecule has 0 unspecified atom stereocenters. The van der Waals surface area contributed by atoms with Crippen LogP contribution in [0.3, 0.4) is 0 Å². The Morgan fingerprint density at radius 3 is 2.53 bits per heavy atom. The number of carbonyl (C=O) groups excluding carboxylic acids is 1. The average molecular weight is 320 g/mol. The first-order valence-electron chi connectivity index (χ1n) is 4.31. The molecule has 4 nitrogen and oxygen atoms in total. The third kappa shape index (κ3) is 2.64. The van der Waals surface area contributed by atoms with Gasteiger partial charge in [0.05, 0.1) is 0 Å². The molecular formula is C9H4BrF2N3OS. The van der Waals surface area contributed by atoms with E-state index in [1.807, 2.05) is 0 Å². The van der Waals surface area contributed by atoms with Gasteiger partial charge in [-0.25, -0.2) is 8.78 Å². The first-order valence-corrected chi connectivity index (χ1v) is 5.94. The molecule has 0 radical (unpaired) electrons. The van der Waals surface area contributed by atoms with Gasteiger partial charge in [0.1, 0.15) is 5.69 Å². The Balaban J connectivity index is 2.28. The van der Waals surface area contributed by atoms with Crippen LogP contribution in [0.25, 0.3) is 0 Å². The summed E-state index contributed by atoms with van der Waals surface area (Å²) in [5, 5.41) is 6.97. The molecule has 1 aromatic carbocycles. The molecule has 1 aromatic heterocycles. The van der Waals surface area contributed by atoms with E-state index < -0.39 is 23.2 Å². The summed E-state index contributed by atoms with van der Waals surface area (Å²) >= 11 is 3.91. The Labute approximate surface area is 107 Å². The maximum absolute atomic E-state index is 13.4. The molecule has 1 heterocycles. The summed E-state index contributed by atoms with van der Waals surface area (Å²) in [5.74, 6) is -2.44. The molecule has 0 bridgehead atoms. The van der Waals surface area contributed by atoms with E-state index in [0.29, 0.717) is 0 Å². The standard InChI is InChI=1S/C9H4BrF2N3OS/c10-4-1-5(11)8(6(12)2-4)13-9(16)7-3-17-15-14-7/h1-3H,(H,13,16). The van der Waals surface area contributed by atoms with Crippen molar-refractivity contribution in [3.63, 3.8) is 0 Å². The minimum absolute atomic E-state index is 0.0109. The van der Waals surface area contributed by atoms with Gasteiger partial charge in [-0.05, 0) is 23.7 Å². The van der Waals surface area contributed by atoms with Crippen LogP contribution >= 0.6 is 27.5 Å². The van der Waals surface area contributed by atoms with Gasteiger partial charge in [-0.1, -0.05) is 20.4 Å². The fourth-order valence-electron chi connectivity index (χ4n) is 1.10. The Morgan fingerprint density at radius 1 is 1.35 bits per heavy atom. The largest absolute Gasteiger partial charge is 0.316 e. The molecule has 0 aliphatic rings. The van der Waals surface area contributed by atoms with Crippen LogP contribution < -0.4 is 5.32 Å². The van der Waals surface area contributed by atoms with Crippen molar-refractivity contribution in [2.24, 2.45) is 0 Å². The van der Waals surface area contributed by atoms with Crippen LogP contribution in [-0.2, 0) is 0 Å². The van der Waals surface area contributed by atoms with Gasteiger partial charge in [-0.2, -0.15) is 0 Å². The lowest BCUT2D eigenvalue weighted by Gasteiger charge is -2.06. The van der Waals surface area contributed by atoms with Crippen LogP contribution in [0.15, 0.2) is 22.0 Å². The van der Waals surface area contributed by atoms with Crippen LogP contribution in [0, 0.1) is 11.6 Å². The molecule has 1 amide bonds. The first kappa shape index (κ1) is 12.1. The quantitative estimate of drug-likeness (QED) is 0.926. The maximum Gasteiger partial charge on any atom is 0.277 e. The van der Waals surface area contributed by atoms with Gasteiger partial charge >= 0.3 is 0 Å². The van der Waals surface area contributed by atoms with E-state index >= 15 is 0 Å². The van der Waals surface area contributed by atoms with Crippen LogP contribution in [0.5, 0.6) is 0 Å². The molecular weight excluding hydrogens is 316 g/mol. The van der Waals surface area contributed by atoms with E-state index in [2.05, 4.69) is 30.8 Å². The van der Waals surface area contributed by atoms with Gasteiger partial charge in [0.25, 0.3) is 5.91 Å². The number of carbonyl (C=O) groups is 1. The molecule has 0 aliphatic carbocycles. The van der Waals surface area contributed by atoms with Crippen molar-refractivity contribution >= 4 is 39.1 Å². The SMILES string of the molecule is O=C(Nc1c(F)cc(Br)cc1F)c1csnn1. The Hall–Kier alpha value is -1.41. The topological polar surface area (TPSA) is 54.9 Å². The second kappa shape index (κ2) is 4.84. The molecule has 0 fully saturated rings. The van der Waals surface area contributed by atoms with Crippen molar-refractivity contribution in [1.29, 1.82) is 0 Å². The van der Waals surface area contributed by atoms with Gasteiger partial charge in [0, 0.05) is 9.85 Å². The number of hydrogen-bond acceptors (Lipinski definition) is 4. The second-order valence-corrected chi connectivity index (χ2v) is 4.51. The number of nitrogens with one attached hydrogen (secondary N) is 1. The van der Waals surface area contributed by atoms with Gasteiger partial charge in [-0.3, -0.25) is 4.79 Å². The van der Waals surface area contributed by atoms with Gasteiger partial charge < -0.3 is 5.32 Å². The highest BCUT2D eigenvalue weighted by molar-refractivity contribution is 9.10. The van der Waals surface area contributed by atoms with Crippen LogP contribution in [0.2, 0.25) is 0 Å². The van der Waals surface area contributed by atoms with Gasteiger partial charge in [0.15, 0.2) is 17.3 Å². The predicted octanol–water partition coefficient (Wildman–Crippen LogP) is 2.83. The predicted molar refractivity (Wildman–Crippen MR) is 61.9 cm³/mol. The van der Waals surface area contributed by atoms with E-state index in [9.17, 15) is 13.6 Å². The number of halogens is 3. The summed E-state index contributed by atoms with van der Waals surface area (Å²) in [5.41, 5.74) is -0.497. The molecule has 0 saturated heterocycles. The smallest absolute Gasteiger partial charge is 0.277 e. The Bertz CT molecular complexity index is 538. The van der Waals surface area contributed by atoms with Crippen LogP contribution in [0.1, 0.15) is 10.5 Å². The van der Waals surface area contributed by atoms with E-state index in [4.69, 9.17) is 0 Å². The van der Waals surface area contributed by atoms with Crippen molar-refractivity contribution in [3.8, 4) is 0 Å². The summed E-state index contributed by atoms with van der Waals surface area (Å²) in [6.07, 6.45) is 0. The lowest BCUT2D eigenvalue weighted by Crippen LogP contribution is -2.14. The van der Waals surface area contributed by atoms with Crippen molar-refractivity contribution in [2.75, 3.05) is 5.32 Å². The van der Waals surface area contributed by atoms with Gasteiger partial charge in [-0.15, -0.1) is 5.10 Å².